The highest BCUT2D eigenvalue weighted by Gasteiger charge is 2.08. The molecule has 1 N–H and O–H groups in total. The zero-order valence-corrected chi connectivity index (χ0v) is 11.6. The number of carbonyl (C=O) groups excluding carboxylic acids is 1. The van der Waals surface area contributed by atoms with E-state index in [4.69, 9.17) is 4.74 Å². The van der Waals surface area contributed by atoms with Gasteiger partial charge in [0.2, 0.25) is 0 Å². The van der Waals surface area contributed by atoms with Gasteiger partial charge in [0, 0.05) is 39.0 Å². The summed E-state index contributed by atoms with van der Waals surface area (Å²) in [6.07, 6.45) is 0. The van der Waals surface area contributed by atoms with Crippen molar-refractivity contribution in [2.45, 2.75) is 6.92 Å². The molecule has 4 heteroatoms. The molecule has 4 nitrogen and oxygen atoms in total. The molecule has 0 aliphatic rings. The molecule has 1 atom stereocenters. The molecule has 0 spiro atoms. The van der Waals surface area contributed by atoms with Gasteiger partial charge < -0.3 is 15.0 Å². The van der Waals surface area contributed by atoms with Crippen molar-refractivity contribution in [2.75, 3.05) is 39.7 Å². The van der Waals surface area contributed by atoms with Gasteiger partial charge in [0.05, 0.1) is 6.61 Å². The van der Waals surface area contributed by atoms with Crippen LogP contribution >= 0.6 is 0 Å². The second-order valence-corrected chi connectivity index (χ2v) is 4.72. The fraction of sp³-hybridized carbons (Fsp3) is 0.500. The van der Waals surface area contributed by atoms with Crippen molar-refractivity contribution in [3.05, 3.63) is 29.8 Å². The number of carbonyl (C=O) groups is 1. The van der Waals surface area contributed by atoms with E-state index in [0.29, 0.717) is 11.5 Å². The van der Waals surface area contributed by atoms with E-state index in [0.717, 1.165) is 18.8 Å². The summed E-state index contributed by atoms with van der Waals surface area (Å²) in [6.45, 7) is 3.67. The molecule has 0 aromatic heterocycles. The van der Waals surface area contributed by atoms with Crippen molar-refractivity contribution in [2.24, 2.45) is 5.92 Å². The lowest BCUT2D eigenvalue weighted by atomic mass is 10.1. The first-order chi connectivity index (χ1) is 8.54. The van der Waals surface area contributed by atoms with Crippen molar-refractivity contribution < 1.29 is 9.53 Å². The van der Waals surface area contributed by atoms with Gasteiger partial charge in [-0.1, -0.05) is 13.0 Å². The van der Waals surface area contributed by atoms with Crippen LogP contribution in [-0.4, -0.2) is 45.2 Å². The van der Waals surface area contributed by atoms with E-state index in [1.807, 2.05) is 24.3 Å². The molecule has 1 amide bonds. The predicted molar refractivity (Wildman–Crippen MR) is 74.0 cm³/mol. The minimum absolute atomic E-state index is 0.0172. The van der Waals surface area contributed by atoms with Crippen LogP contribution in [0.5, 0.6) is 0 Å². The molecule has 0 bridgehead atoms. The molecular weight excluding hydrogens is 228 g/mol. The second-order valence-electron chi connectivity index (χ2n) is 4.72. The van der Waals surface area contributed by atoms with Gasteiger partial charge in [-0.15, -0.1) is 0 Å². The molecule has 0 heterocycles. The van der Waals surface area contributed by atoms with Gasteiger partial charge >= 0.3 is 0 Å². The molecule has 0 aliphatic carbocycles. The number of nitrogens with zero attached hydrogens (tertiary/aromatic N) is 1. The zero-order chi connectivity index (χ0) is 13.5. The van der Waals surface area contributed by atoms with Crippen LogP contribution in [0.25, 0.3) is 0 Å². The zero-order valence-electron chi connectivity index (χ0n) is 11.6. The first-order valence-electron chi connectivity index (χ1n) is 6.09. The van der Waals surface area contributed by atoms with Crippen LogP contribution in [0.3, 0.4) is 0 Å². The first kappa shape index (κ1) is 14.5. The fourth-order valence-electron chi connectivity index (χ4n) is 1.66. The summed E-state index contributed by atoms with van der Waals surface area (Å²) in [5.41, 5.74) is 1.66. The molecule has 0 radical (unpaired) electrons. The van der Waals surface area contributed by atoms with E-state index in [1.54, 1.807) is 26.1 Å². The van der Waals surface area contributed by atoms with Crippen molar-refractivity contribution in [1.82, 2.24) is 4.90 Å². The van der Waals surface area contributed by atoms with E-state index >= 15 is 0 Å². The van der Waals surface area contributed by atoms with Gasteiger partial charge in [-0.2, -0.15) is 0 Å². The number of nitrogens with one attached hydrogen (secondary N) is 1. The summed E-state index contributed by atoms with van der Waals surface area (Å²) >= 11 is 0. The van der Waals surface area contributed by atoms with Crippen molar-refractivity contribution in [1.29, 1.82) is 0 Å². The highest BCUT2D eigenvalue weighted by molar-refractivity contribution is 5.94. The fourth-order valence-corrected chi connectivity index (χ4v) is 1.66. The Hall–Kier alpha value is -1.55. The maximum Gasteiger partial charge on any atom is 0.253 e. The monoisotopic (exact) mass is 250 g/mol. The molecule has 0 saturated heterocycles. The van der Waals surface area contributed by atoms with Gasteiger partial charge in [-0.05, 0) is 24.1 Å². The number of benzene rings is 1. The minimum atomic E-state index is 0.0172. The van der Waals surface area contributed by atoms with E-state index < -0.39 is 0 Å². The number of methoxy groups -OCH3 is 1. The largest absolute Gasteiger partial charge is 0.385 e. The maximum atomic E-state index is 11.8. The van der Waals surface area contributed by atoms with Crippen molar-refractivity contribution in [3.8, 4) is 0 Å². The van der Waals surface area contributed by atoms with E-state index in [9.17, 15) is 4.79 Å². The van der Waals surface area contributed by atoms with Crippen LogP contribution in [0, 0.1) is 5.92 Å². The van der Waals surface area contributed by atoms with Crippen LogP contribution < -0.4 is 5.32 Å². The van der Waals surface area contributed by atoms with Crippen LogP contribution in [0.15, 0.2) is 24.3 Å². The Kier molecular flexibility index (Phi) is 5.65. The van der Waals surface area contributed by atoms with E-state index in [-0.39, 0.29) is 5.91 Å². The number of amides is 1. The Morgan fingerprint density at radius 1 is 1.44 bits per heavy atom. The third-order valence-electron chi connectivity index (χ3n) is 2.62. The molecule has 1 rings (SSSR count). The topological polar surface area (TPSA) is 41.6 Å². The summed E-state index contributed by atoms with van der Waals surface area (Å²) in [7, 11) is 5.21. The lowest BCUT2D eigenvalue weighted by Gasteiger charge is -2.14. The number of hydrogen-bond donors (Lipinski definition) is 1. The summed E-state index contributed by atoms with van der Waals surface area (Å²) in [4.78, 5) is 13.4. The van der Waals surface area contributed by atoms with E-state index in [2.05, 4.69) is 12.2 Å². The molecule has 0 saturated carbocycles. The summed E-state index contributed by atoms with van der Waals surface area (Å²) in [6, 6.07) is 7.56. The molecule has 100 valence electrons. The Bertz CT molecular complexity index is 391. The lowest BCUT2D eigenvalue weighted by molar-refractivity contribution is 0.0827. The van der Waals surface area contributed by atoms with E-state index in [1.165, 1.54) is 0 Å². The van der Waals surface area contributed by atoms with Crippen molar-refractivity contribution in [3.63, 3.8) is 0 Å². The van der Waals surface area contributed by atoms with Gasteiger partial charge in [0.1, 0.15) is 0 Å². The third kappa shape index (κ3) is 4.37. The van der Waals surface area contributed by atoms with Crippen LogP contribution in [0.2, 0.25) is 0 Å². The quantitative estimate of drug-likeness (QED) is 0.840. The first-order valence-corrected chi connectivity index (χ1v) is 6.09. The van der Waals surface area contributed by atoms with Crippen molar-refractivity contribution >= 4 is 11.6 Å². The second kappa shape index (κ2) is 7.01. The van der Waals surface area contributed by atoms with Crippen LogP contribution in [0.1, 0.15) is 17.3 Å². The normalized spacial score (nSPS) is 12.0. The number of hydrogen-bond acceptors (Lipinski definition) is 3. The molecular formula is C14H22N2O2. The number of rotatable bonds is 6. The average Bonchev–Trinajstić information content (AvgIpc) is 2.36. The average molecular weight is 250 g/mol. The number of anilines is 1. The maximum absolute atomic E-state index is 11.8. The molecule has 1 unspecified atom stereocenters. The van der Waals surface area contributed by atoms with Gasteiger partial charge in [0.25, 0.3) is 5.91 Å². The highest BCUT2D eigenvalue weighted by Crippen LogP contribution is 2.12. The number of ether oxygens (including phenoxy) is 1. The third-order valence-corrected chi connectivity index (χ3v) is 2.62. The Labute approximate surface area is 109 Å². The van der Waals surface area contributed by atoms with Crippen LogP contribution in [-0.2, 0) is 4.74 Å². The standard InChI is InChI=1S/C14H22N2O2/c1-11(10-18-4)9-15-13-7-5-6-12(8-13)14(17)16(2)3/h5-8,11,15H,9-10H2,1-4H3. The molecule has 0 aliphatic heterocycles. The lowest BCUT2D eigenvalue weighted by Crippen LogP contribution is -2.22. The van der Waals surface area contributed by atoms with Gasteiger partial charge in [-0.3, -0.25) is 4.79 Å². The Morgan fingerprint density at radius 3 is 2.78 bits per heavy atom. The summed E-state index contributed by atoms with van der Waals surface area (Å²) < 4.78 is 5.08. The summed E-state index contributed by atoms with van der Waals surface area (Å²) in [5.74, 6) is 0.451. The van der Waals surface area contributed by atoms with Crippen LogP contribution in [0.4, 0.5) is 5.69 Å². The molecule has 0 fully saturated rings. The predicted octanol–water partition coefficient (Wildman–Crippen LogP) is 2.08. The molecule has 18 heavy (non-hydrogen) atoms. The Balaban J connectivity index is 2.62. The highest BCUT2D eigenvalue weighted by atomic mass is 16.5. The minimum Gasteiger partial charge on any atom is -0.385 e. The summed E-state index contributed by atoms with van der Waals surface area (Å²) in [5, 5.41) is 3.31. The van der Waals surface area contributed by atoms with Gasteiger partial charge in [-0.25, -0.2) is 0 Å². The smallest absolute Gasteiger partial charge is 0.253 e. The molecule has 1 aromatic carbocycles. The SMILES string of the molecule is COCC(C)CNc1cccc(C(=O)N(C)C)c1. The Morgan fingerprint density at radius 2 is 2.17 bits per heavy atom. The molecule has 1 aromatic rings. The van der Waals surface area contributed by atoms with Gasteiger partial charge in [0.15, 0.2) is 0 Å².